The number of aryl methyl sites for hydroxylation is 2. The third kappa shape index (κ3) is 2.87. The molecule has 0 bridgehead atoms. The number of aromatic nitrogens is 4. The fraction of sp³-hybridized carbons (Fsp3) is 0.750. The largest absolute Gasteiger partial charge is 0.396 e. The summed E-state index contributed by atoms with van der Waals surface area (Å²) < 4.78 is 2.10. The number of aliphatic hydroxyl groups excluding tert-OH is 1. The monoisotopic (exact) mass is 370 g/mol. The Morgan fingerprint density at radius 3 is 2.59 bits per heavy atom. The van der Waals surface area contributed by atoms with E-state index >= 15 is 0 Å². The summed E-state index contributed by atoms with van der Waals surface area (Å²) in [6.45, 7) is 8.25. The number of rotatable bonds is 4. The molecule has 146 valence electrons. The van der Waals surface area contributed by atoms with Crippen LogP contribution in [0.15, 0.2) is 0 Å². The molecule has 0 spiro atoms. The van der Waals surface area contributed by atoms with E-state index in [2.05, 4.69) is 21.3 Å². The van der Waals surface area contributed by atoms with E-state index in [9.17, 15) is 5.11 Å². The summed E-state index contributed by atoms with van der Waals surface area (Å²) in [5, 5.41) is 9.79. The first-order valence-electron chi connectivity index (χ1n) is 10.3. The summed E-state index contributed by atoms with van der Waals surface area (Å²) in [7, 11) is 2.04. The second-order valence-corrected chi connectivity index (χ2v) is 9.21. The lowest BCUT2D eigenvalue weighted by molar-refractivity contribution is 0.162. The van der Waals surface area contributed by atoms with Gasteiger partial charge in [-0.2, -0.15) is 9.97 Å². The SMILES string of the molecule is Cc1nc2nc(N3CCC(C4CC4)C3)nc(N3CCC(C)(CO)C3)c2n1C. The minimum atomic E-state index is -0.0597. The van der Waals surface area contributed by atoms with Crippen molar-refractivity contribution >= 4 is 22.9 Å². The fourth-order valence-corrected chi connectivity index (χ4v) is 4.81. The lowest BCUT2D eigenvalue weighted by Gasteiger charge is -2.24. The van der Waals surface area contributed by atoms with Gasteiger partial charge in [-0.3, -0.25) is 0 Å². The highest BCUT2D eigenvalue weighted by atomic mass is 16.3. The van der Waals surface area contributed by atoms with Crippen molar-refractivity contribution in [3.63, 3.8) is 0 Å². The molecule has 2 aliphatic heterocycles. The molecule has 0 aromatic carbocycles. The maximum atomic E-state index is 9.79. The fourth-order valence-electron chi connectivity index (χ4n) is 4.81. The molecule has 3 aliphatic rings. The van der Waals surface area contributed by atoms with E-state index < -0.39 is 0 Å². The molecule has 3 fully saturated rings. The van der Waals surface area contributed by atoms with Crippen molar-refractivity contribution in [2.75, 3.05) is 42.6 Å². The number of hydrogen-bond donors (Lipinski definition) is 1. The Morgan fingerprint density at radius 1 is 1.07 bits per heavy atom. The van der Waals surface area contributed by atoms with E-state index in [1.807, 2.05) is 14.0 Å². The van der Waals surface area contributed by atoms with Gasteiger partial charge in [-0.25, -0.2) is 4.98 Å². The first-order valence-corrected chi connectivity index (χ1v) is 10.3. The Kier molecular flexibility index (Phi) is 3.86. The Bertz CT molecular complexity index is 875. The predicted octanol–water partition coefficient (Wildman–Crippen LogP) is 2.12. The zero-order valence-corrected chi connectivity index (χ0v) is 16.6. The highest BCUT2D eigenvalue weighted by molar-refractivity contribution is 5.86. The first kappa shape index (κ1) is 17.2. The van der Waals surface area contributed by atoms with Gasteiger partial charge in [0.2, 0.25) is 5.95 Å². The van der Waals surface area contributed by atoms with Crippen LogP contribution in [0.25, 0.3) is 11.2 Å². The maximum absolute atomic E-state index is 9.79. The molecule has 7 nitrogen and oxygen atoms in total. The van der Waals surface area contributed by atoms with Gasteiger partial charge < -0.3 is 19.5 Å². The molecule has 2 aromatic heterocycles. The molecule has 2 aromatic rings. The first-order chi connectivity index (χ1) is 13.0. The minimum absolute atomic E-state index is 0.0597. The van der Waals surface area contributed by atoms with Crippen molar-refractivity contribution in [1.82, 2.24) is 19.5 Å². The van der Waals surface area contributed by atoms with Crippen LogP contribution in [0, 0.1) is 24.2 Å². The van der Waals surface area contributed by atoms with Crippen LogP contribution in [0.2, 0.25) is 0 Å². The van der Waals surface area contributed by atoms with Gasteiger partial charge in [-0.15, -0.1) is 0 Å². The molecule has 2 atom stereocenters. The van der Waals surface area contributed by atoms with Crippen LogP contribution in [0.5, 0.6) is 0 Å². The van der Waals surface area contributed by atoms with Crippen LogP contribution in [-0.4, -0.2) is 57.4 Å². The standard InChI is InChI=1S/C20H30N6O/c1-13-21-17-16(24(13)3)18(26-9-7-20(2,11-26)12-27)23-19(22-17)25-8-6-15(10-25)14-4-5-14/h14-15,27H,4-12H2,1-3H3. The Balaban J connectivity index is 1.54. The smallest absolute Gasteiger partial charge is 0.229 e. The van der Waals surface area contributed by atoms with Crippen molar-refractivity contribution in [2.45, 2.75) is 39.5 Å². The molecule has 1 N–H and O–H groups in total. The van der Waals surface area contributed by atoms with Crippen molar-refractivity contribution in [3.05, 3.63) is 5.82 Å². The number of aliphatic hydroxyl groups is 1. The molecule has 0 amide bonds. The molecule has 4 heterocycles. The second kappa shape index (κ2) is 6.06. The number of hydrogen-bond acceptors (Lipinski definition) is 6. The summed E-state index contributed by atoms with van der Waals surface area (Å²) in [6, 6.07) is 0. The van der Waals surface area contributed by atoms with Gasteiger partial charge in [0.15, 0.2) is 11.5 Å². The van der Waals surface area contributed by atoms with E-state index in [4.69, 9.17) is 15.0 Å². The quantitative estimate of drug-likeness (QED) is 0.889. The number of nitrogens with zero attached hydrogens (tertiary/aromatic N) is 6. The molecule has 27 heavy (non-hydrogen) atoms. The summed E-state index contributed by atoms with van der Waals surface area (Å²) in [6.07, 6.45) is 5.04. The number of anilines is 2. The highest BCUT2D eigenvalue weighted by Crippen LogP contribution is 2.42. The van der Waals surface area contributed by atoms with Crippen LogP contribution in [0.4, 0.5) is 11.8 Å². The zero-order valence-electron chi connectivity index (χ0n) is 16.6. The van der Waals surface area contributed by atoms with Gasteiger partial charge in [0.1, 0.15) is 11.3 Å². The molecule has 0 radical (unpaired) electrons. The molecule has 7 heteroatoms. The molecular weight excluding hydrogens is 340 g/mol. The van der Waals surface area contributed by atoms with Crippen molar-refractivity contribution in [2.24, 2.45) is 24.3 Å². The zero-order chi connectivity index (χ0) is 18.8. The van der Waals surface area contributed by atoms with Crippen LogP contribution in [-0.2, 0) is 7.05 Å². The van der Waals surface area contributed by atoms with E-state index in [0.29, 0.717) is 0 Å². The van der Waals surface area contributed by atoms with Gasteiger partial charge in [0.25, 0.3) is 0 Å². The van der Waals surface area contributed by atoms with E-state index in [1.165, 1.54) is 19.3 Å². The summed E-state index contributed by atoms with van der Waals surface area (Å²) >= 11 is 0. The van der Waals surface area contributed by atoms with Gasteiger partial charge >= 0.3 is 0 Å². The van der Waals surface area contributed by atoms with Gasteiger partial charge in [0, 0.05) is 38.6 Å². The van der Waals surface area contributed by atoms with E-state index in [-0.39, 0.29) is 12.0 Å². The molecule has 1 aliphatic carbocycles. The topological polar surface area (TPSA) is 70.3 Å². The lowest BCUT2D eigenvalue weighted by Crippen LogP contribution is -2.29. The average molecular weight is 371 g/mol. The normalized spacial score (nSPS) is 28.7. The predicted molar refractivity (Wildman–Crippen MR) is 106 cm³/mol. The van der Waals surface area contributed by atoms with E-state index in [0.717, 1.165) is 73.2 Å². The average Bonchev–Trinajstić information content (AvgIpc) is 3.13. The number of fused-ring (bicyclic) bond motifs is 1. The van der Waals surface area contributed by atoms with Crippen molar-refractivity contribution in [1.29, 1.82) is 0 Å². The molecule has 2 unspecified atom stereocenters. The maximum Gasteiger partial charge on any atom is 0.229 e. The van der Waals surface area contributed by atoms with Gasteiger partial charge in [-0.05, 0) is 44.4 Å². The van der Waals surface area contributed by atoms with Crippen LogP contribution in [0.1, 0.15) is 38.4 Å². The minimum Gasteiger partial charge on any atom is -0.396 e. The summed E-state index contributed by atoms with van der Waals surface area (Å²) in [5.74, 6) is 4.50. The van der Waals surface area contributed by atoms with Crippen LogP contribution >= 0.6 is 0 Å². The molecule has 1 saturated carbocycles. The van der Waals surface area contributed by atoms with Crippen molar-refractivity contribution < 1.29 is 5.11 Å². The Labute approximate surface area is 160 Å². The molecule has 2 saturated heterocycles. The Morgan fingerprint density at radius 2 is 1.89 bits per heavy atom. The van der Waals surface area contributed by atoms with Crippen LogP contribution in [0.3, 0.4) is 0 Å². The highest BCUT2D eigenvalue weighted by Gasteiger charge is 2.38. The van der Waals surface area contributed by atoms with Crippen LogP contribution < -0.4 is 9.80 Å². The summed E-state index contributed by atoms with van der Waals surface area (Å²) in [5.41, 5.74) is 1.74. The Hall–Kier alpha value is -1.89. The van der Waals surface area contributed by atoms with E-state index in [1.54, 1.807) is 0 Å². The molecule has 5 rings (SSSR count). The third-order valence-corrected chi connectivity index (χ3v) is 6.96. The molecular formula is C20H30N6O. The van der Waals surface area contributed by atoms with Gasteiger partial charge in [-0.1, -0.05) is 6.92 Å². The third-order valence-electron chi connectivity index (χ3n) is 6.96. The summed E-state index contributed by atoms with van der Waals surface area (Å²) in [4.78, 5) is 19.3. The second-order valence-electron chi connectivity index (χ2n) is 9.21. The van der Waals surface area contributed by atoms with Crippen molar-refractivity contribution in [3.8, 4) is 0 Å². The lowest BCUT2D eigenvalue weighted by atomic mass is 9.91. The number of imidazole rings is 1. The van der Waals surface area contributed by atoms with Gasteiger partial charge in [0.05, 0.1) is 6.61 Å².